The molecule has 0 amide bonds. The van der Waals surface area contributed by atoms with E-state index in [0.29, 0.717) is 0 Å². The zero-order valence-electron chi connectivity index (χ0n) is 10.8. The van der Waals surface area contributed by atoms with Gasteiger partial charge in [-0.2, -0.15) is 5.10 Å². The maximum absolute atomic E-state index is 12.3. The summed E-state index contributed by atoms with van der Waals surface area (Å²) in [5.41, 5.74) is 0.827. The molecule has 0 aliphatic carbocycles. The number of halogens is 2. The Morgan fingerprint density at radius 2 is 1.85 bits per heavy atom. The molecule has 0 bridgehead atoms. The first kappa shape index (κ1) is 15.2. The molecule has 1 heterocycles. The SMILES string of the molecule is CC(C)c1cc(NS(=O)(=O)c2c(Cl)cccc2Cl)n[nH]1. The second-order valence-corrected chi connectivity index (χ2v) is 6.95. The first-order chi connectivity index (χ1) is 9.31. The molecule has 0 saturated heterocycles. The summed E-state index contributed by atoms with van der Waals surface area (Å²) in [6.07, 6.45) is 0. The Labute approximate surface area is 127 Å². The minimum atomic E-state index is -3.88. The molecule has 0 atom stereocenters. The topological polar surface area (TPSA) is 74.8 Å². The summed E-state index contributed by atoms with van der Waals surface area (Å²) < 4.78 is 26.9. The van der Waals surface area contributed by atoms with E-state index in [1.54, 1.807) is 12.1 Å². The second kappa shape index (κ2) is 5.63. The molecular weight excluding hydrogens is 321 g/mol. The maximum Gasteiger partial charge on any atom is 0.266 e. The van der Waals surface area contributed by atoms with Crippen molar-refractivity contribution in [2.45, 2.75) is 24.7 Å². The van der Waals surface area contributed by atoms with E-state index >= 15 is 0 Å². The Morgan fingerprint density at radius 3 is 2.35 bits per heavy atom. The predicted octanol–water partition coefficient (Wildman–Crippen LogP) is 3.64. The normalized spacial score (nSPS) is 11.8. The predicted molar refractivity (Wildman–Crippen MR) is 79.9 cm³/mol. The van der Waals surface area contributed by atoms with Gasteiger partial charge in [-0.3, -0.25) is 9.82 Å². The fourth-order valence-corrected chi connectivity index (χ4v) is 3.75. The average molecular weight is 334 g/mol. The highest BCUT2D eigenvalue weighted by atomic mass is 35.5. The molecule has 1 aromatic carbocycles. The van der Waals surface area contributed by atoms with Crippen molar-refractivity contribution < 1.29 is 8.42 Å². The molecule has 2 rings (SSSR count). The average Bonchev–Trinajstić information content (AvgIpc) is 2.76. The van der Waals surface area contributed by atoms with Gasteiger partial charge in [0, 0.05) is 11.8 Å². The van der Waals surface area contributed by atoms with Crippen LogP contribution in [0.5, 0.6) is 0 Å². The quantitative estimate of drug-likeness (QED) is 0.896. The van der Waals surface area contributed by atoms with E-state index in [1.165, 1.54) is 12.1 Å². The number of nitrogens with zero attached hydrogens (tertiary/aromatic N) is 1. The lowest BCUT2D eigenvalue weighted by molar-refractivity contribution is 0.601. The van der Waals surface area contributed by atoms with Gasteiger partial charge >= 0.3 is 0 Å². The Bertz CT molecular complexity index is 706. The van der Waals surface area contributed by atoms with Gasteiger partial charge in [-0.05, 0) is 18.1 Å². The largest absolute Gasteiger partial charge is 0.280 e. The standard InChI is InChI=1S/C12H13Cl2N3O2S/c1-7(2)10-6-11(16-15-10)17-20(18,19)12-8(13)4-3-5-9(12)14/h3-7H,1-2H3,(H2,15,16,17). The van der Waals surface area contributed by atoms with Gasteiger partial charge in [0.05, 0.1) is 10.0 Å². The fraction of sp³-hybridized carbons (Fsp3) is 0.250. The van der Waals surface area contributed by atoms with Crippen molar-refractivity contribution in [1.82, 2.24) is 10.2 Å². The van der Waals surface area contributed by atoms with E-state index in [1.807, 2.05) is 13.8 Å². The molecule has 108 valence electrons. The van der Waals surface area contributed by atoms with E-state index in [4.69, 9.17) is 23.2 Å². The molecule has 1 aromatic heterocycles. The minimum Gasteiger partial charge on any atom is -0.280 e. The van der Waals surface area contributed by atoms with Gasteiger partial charge in [-0.25, -0.2) is 8.42 Å². The number of anilines is 1. The molecule has 5 nitrogen and oxygen atoms in total. The summed E-state index contributed by atoms with van der Waals surface area (Å²) in [5, 5.41) is 6.79. The summed E-state index contributed by atoms with van der Waals surface area (Å²) in [4.78, 5) is -0.155. The van der Waals surface area contributed by atoms with Gasteiger partial charge in [-0.15, -0.1) is 0 Å². The molecule has 2 aromatic rings. The Balaban J connectivity index is 2.36. The summed E-state index contributed by atoms with van der Waals surface area (Å²) in [6, 6.07) is 6.14. The molecule has 0 aliphatic heterocycles. The lowest BCUT2D eigenvalue weighted by atomic mass is 10.1. The van der Waals surface area contributed by atoms with Crippen LogP contribution in [-0.2, 0) is 10.0 Å². The third-order valence-corrected chi connectivity index (χ3v) is 4.96. The van der Waals surface area contributed by atoms with Crippen LogP contribution in [0.25, 0.3) is 0 Å². The van der Waals surface area contributed by atoms with E-state index in [-0.39, 0.29) is 26.7 Å². The van der Waals surface area contributed by atoms with Crippen LogP contribution in [0.4, 0.5) is 5.82 Å². The fourth-order valence-electron chi connectivity index (χ4n) is 1.61. The third-order valence-electron chi connectivity index (χ3n) is 2.65. The molecule has 2 N–H and O–H groups in total. The third kappa shape index (κ3) is 3.08. The number of aromatic nitrogens is 2. The van der Waals surface area contributed by atoms with Crippen LogP contribution < -0.4 is 4.72 Å². The van der Waals surface area contributed by atoms with Crippen molar-refractivity contribution in [3.63, 3.8) is 0 Å². The van der Waals surface area contributed by atoms with Crippen LogP contribution in [-0.4, -0.2) is 18.6 Å². The van der Waals surface area contributed by atoms with E-state index in [9.17, 15) is 8.42 Å². The summed E-state index contributed by atoms with van der Waals surface area (Å²) in [6.45, 7) is 3.94. The molecule has 0 fully saturated rings. The number of benzene rings is 1. The summed E-state index contributed by atoms with van der Waals surface area (Å²) in [5.74, 6) is 0.411. The van der Waals surface area contributed by atoms with E-state index < -0.39 is 10.0 Å². The first-order valence-electron chi connectivity index (χ1n) is 5.83. The number of sulfonamides is 1. The van der Waals surface area contributed by atoms with Crippen LogP contribution >= 0.6 is 23.2 Å². The van der Waals surface area contributed by atoms with Crippen molar-refractivity contribution in [2.75, 3.05) is 4.72 Å². The maximum atomic E-state index is 12.3. The summed E-state index contributed by atoms with van der Waals surface area (Å²) in [7, 11) is -3.88. The number of nitrogens with one attached hydrogen (secondary N) is 2. The molecule has 20 heavy (non-hydrogen) atoms. The highest BCUT2D eigenvalue weighted by Gasteiger charge is 2.22. The summed E-state index contributed by atoms with van der Waals surface area (Å²) >= 11 is 11.8. The van der Waals surface area contributed by atoms with E-state index in [2.05, 4.69) is 14.9 Å². The molecule has 0 unspecified atom stereocenters. The van der Waals surface area contributed by atoms with Crippen molar-refractivity contribution in [3.05, 3.63) is 40.0 Å². The molecule has 0 radical (unpaired) electrons. The second-order valence-electron chi connectivity index (χ2n) is 4.52. The molecular formula is C12H13Cl2N3O2S. The number of H-pyrrole nitrogens is 1. The first-order valence-corrected chi connectivity index (χ1v) is 8.07. The van der Waals surface area contributed by atoms with E-state index in [0.717, 1.165) is 5.69 Å². The van der Waals surface area contributed by atoms with Crippen LogP contribution in [0.1, 0.15) is 25.5 Å². The van der Waals surface area contributed by atoms with Gasteiger partial charge in [0.2, 0.25) is 0 Å². The number of aromatic amines is 1. The molecule has 0 aliphatic rings. The monoisotopic (exact) mass is 333 g/mol. The van der Waals surface area contributed by atoms with Gasteiger partial charge in [-0.1, -0.05) is 43.1 Å². The molecule has 0 spiro atoms. The Hall–Kier alpha value is -1.24. The Kier molecular flexibility index (Phi) is 4.27. The van der Waals surface area contributed by atoms with Crippen molar-refractivity contribution in [3.8, 4) is 0 Å². The minimum absolute atomic E-state index is 0.0598. The Morgan fingerprint density at radius 1 is 1.25 bits per heavy atom. The number of rotatable bonds is 4. The van der Waals surface area contributed by atoms with Gasteiger partial charge in [0.15, 0.2) is 5.82 Å². The van der Waals surface area contributed by atoms with Gasteiger partial charge in [0.1, 0.15) is 4.90 Å². The lowest BCUT2D eigenvalue weighted by Crippen LogP contribution is -2.14. The number of hydrogen-bond acceptors (Lipinski definition) is 3. The van der Waals surface area contributed by atoms with Crippen molar-refractivity contribution >= 4 is 39.0 Å². The van der Waals surface area contributed by atoms with Gasteiger partial charge in [0.25, 0.3) is 10.0 Å². The van der Waals surface area contributed by atoms with Crippen molar-refractivity contribution in [1.29, 1.82) is 0 Å². The smallest absolute Gasteiger partial charge is 0.266 e. The highest BCUT2D eigenvalue weighted by molar-refractivity contribution is 7.93. The molecule has 8 heteroatoms. The zero-order valence-corrected chi connectivity index (χ0v) is 13.1. The highest BCUT2D eigenvalue weighted by Crippen LogP contribution is 2.30. The van der Waals surface area contributed by atoms with Crippen LogP contribution in [0.15, 0.2) is 29.2 Å². The van der Waals surface area contributed by atoms with Crippen LogP contribution in [0.3, 0.4) is 0 Å². The number of hydrogen-bond donors (Lipinski definition) is 2. The molecule has 0 saturated carbocycles. The van der Waals surface area contributed by atoms with Gasteiger partial charge < -0.3 is 0 Å². The van der Waals surface area contributed by atoms with Crippen LogP contribution in [0, 0.1) is 0 Å². The lowest BCUT2D eigenvalue weighted by Gasteiger charge is -2.08. The zero-order chi connectivity index (χ0) is 14.9. The van der Waals surface area contributed by atoms with Crippen LogP contribution in [0.2, 0.25) is 10.0 Å². The van der Waals surface area contributed by atoms with Crippen molar-refractivity contribution in [2.24, 2.45) is 0 Å².